The van der Waals surface area contributed by atoms with E-state index < -0.39 is 17.3 Å². The molecule has 0 aliphatic rings. The Morgan fingerprint density at radius 2 is 1.86 bits per heavy atom. The van der Waals surface area contributed by atoms with Gasteiger partial charge in [-0.25, -0.2) is 9.07 Å². The fourth-order valence-corrected chi connectivity index (χ4v) is 2.92. The van der Waals surface area contributed by atoms with E-state index in [1.807, 2.05) is 0 Å². The second-order valence-electron chi connectivity index (χ2n) is 5.96. The summed E-state index contributed by atoms with van der Waals surface area (Å²) in [6.45, 7) is -0.320. The lowest BCUT2D eigenvalue weighted by Gasteiger charge is -2.11. The van der Waals surface area contributed by atoms with Gasteiger partial charge in [0.05, 0.1) is 24.9 Å². The summed E-state index contributed by atoms with van der Waals surface area (Å²) in [5, 5.41) is 7.19. The van der Waals surface area contributed by atoms with E-state index >= 15 is 0 Å². The van der Waals surface area contributed by atoms with Crippen LogP contribution < -0.4 is 20.3 Å². The second kappa shape index (κ2) is 8.74. The molecule has 7 nitrogen and oxygen atoms in total. The SMILES string of the molecule is COc1ccc(NC(=O)Cn2nc(-c3ccc(F)cc3OC)ccc2=O)cc1Cl. The third-order valence-corrected chi connectivity index (χ3v) is 4.33. The molecule has 0 aliphatic heterocycles. The van der Waals surface area contributed by atoms with Gasteiger partial charge >= 0.3 is 0 Å². The van der Waals surface area contributed by atoms with Crippen molar-refractivity contribution in [2.75, 3.05) is 19.5 Å². The van der Waals surface area contributed by atoms with Gasteiger partial charge in [-0.05, 0) is 36.4 Å². The Hall–Kier alpha value is -3.39. The summed E-state index contributed by atoms with van der Waals surface area (Å²) in [7, 11) is 2.89. The third-order valence-electron chi connectivity index (χ3n) is 4.04. The molecule has 0 spiro atoms. The molecule has 1 aromatic heterocycles. The number of carbonyl (C=O) groups excluding carboxylic acids is 1. The number of carbonyl (C=O) groups is 1. The Morgan fingerprint density at radius 1 is 1.10 bits per heavy atom. The molecule has 0 radical (unpaired) electrons. The number of hydrogen-bond acceptors (Lipinski definition) is 5. The lowest BCUT2D eigenvalue weighted by Crippen LogP contribution is -2.29. The Labute approximate surface area is 170 Å². The van der Waals surface area contributed by atoms with Crippen LogP contribution in [0, 0.1) is 5.82 Å². The first-order valence-electron chi connectivity index (χ1n) is 8.46. The molecule has 29 heavy (non-hydrogen) atoms. The van der Waals surface area contributed by atoms with E-state index in [-0.39, 0.29) is 12.3 Å². The number of rotatable bonds is 6. The number of ether oxygens (including phenoxy) is 2. The molecule has 3 rings (SSSR count). The Morgan fingerprint density at radius 3 is 2.55 bits per heavy atom. The summed E-state index contributed by atoms with van der Waals surface area (Å²) >= 11 is 6.04. The van der Waals surface area contributed by atoms with Gasteiger partial charge in [0.25, 0.3) is 5.56 Å². The van der Waals surface area contributed by atoms with Crippen molar-refractivity contribution in [2.24, 2.45) is 0 Å². The summed E-state index contributed by atoms with van der Waals surface area (Å²) in [5.41, 5.74) is 0.842. The zero-order valence-electron chi connectivity index (χ0n) is 15.6. The van der Waals surface area contributed by atoms with Crippen LogP contribution in [0.4, 0.5) is 10.1 Å². The maximum absolute atomic E-state index is 13.4. The number of anilines is 1. The highest BCUT2D eigenvalue weighted by Gasteiger charge is 2.13. The van der Waals surface area contributed by atoms with Crippen LogP contribution >= 0.6 is 11.6 Å². The van der Waals surface area contributed by atoms with Crippen LogP contribution in [0.5, 0.6) is 11.5 Å². The van der Waals surface area contributed by atoms with E-state index in [9.17, 15) is 14.0 Å². The standard InChI is InChI=1S/C20H17ClFN3O4/c1-28-17-7-4-13(10-15(17)21)23-19(26)11-25-20(27)8-6-16(24-25)14-5-3-12(22)9-18(14)29-2/h3-10H,11H2,1-2H3,(H,23,26). The molecule has 1 heterocycles. The van der Waals surface area contributed by atoms with Gasteiger partial charge in [0.2, 0.25) is 5.91 Å². The molecule has 0 aliphatic carbocycles. The van der Waals surface area contributed by atoms with Crippen molar-refractivity contribution < 1.29 is 18.7 Å². The molecule has 1 amide bonds. The minimum atomic E-state index is -0.468. The van der Waals surface area contributed by atoms with Crippen molar-refractivity contribution in [1.29, 1.82) is 0 Å². The smallest absolute Gasteiger partial charge is 0.267 e. The van der Waals surface area contributed by atoms with Crippen molar-refractivity contribution in [3.63, 3.8) is 0 Å². The van der Waals surface area contributed by atoms with Crippen molar-refractivity contribution in [3.05, 3.63) is 69.7 Å². The summed E-state index contributed by atoms with van der Waals surface area (Å²) < 4.78 is 24.7. The Kier molecular flexibility index (Phi) is 6.13. The van der Waals surface area contributed by atoms with Crippen LogP contribution in [0.2, 0.25) is 5.02 Å². The monoisotopic (exact) mass is 417 g/mol. The Bertz CT molecular complexity index is 1120. The van der Waals surface area contributed by atoms with E-state index in [1.165, 1.54) is 50.6 Å². The van der Waals surface area contributed by atoms with Crippen molar-refractivity contribution in [1.82, 2.24) is 9.78 Å². The molecule has 0 saturated carbocycles. The van der Waals surface area contributed by atoms with E-state index in [1.54, 1.807) is 12.1 Å². The van der Waals surface area contributed by atoms with Crippen LogP contribution in [-0.4, -0.2) is 29.9 Å². The molecule has 0 unspecified atom stereocenters. The number of aromatic nitrogens is 2. The first kappa shape index (κ1) is 20.3. The topological polar surface area (TPSA) is 82.4 Å². The van der Waals surface area contributed by atoms with Gasteiger partial charge in [0.15, 0.2) is 0 Å². The van der Waals surface area contributed by atoms with Gasteiger partial charge < -0.3 is 14.8 Å². The summed E-state index contributed by atoms with van der Waals surface area (Å²) in [4.78, 5) is 24.5. The quantitative estimate of drug-likeness (QED) is 0.665. The molecule has 0 saturated heterocycles. The minimum absolute atomic E-state index is 0.264. The minimum Gasteiger partial charge on any atom is -0.496 e. The highest BCUT2D eigenvalue weighted by molar-refractivity contribution is 6.32. The zero-order chi connectivity index (χ0) is 21.0. The van der Waals surface area contributed by atoms with Crippen molar-refractivity contribution >= 4 is 23.2 Å². The number of halogens is 2. The van der Waals surface area contributed by atoms with Crippen LogP contribution in [0.15, 0.2) is 53.3 Å². The normalized spacial score (nSPS) is 10.5. The molecule has 3 aromatic rings. The van der Waals surface area contributed by atoms with E-state index in [0.29, 0.717) is 27.7 Å². The van der Waals surface area contributed by atoms with Crippen LogP contribution in [0.3, 0.4) is 0 Å². The fourth-order valence-electron chi connectivity index (χ4n) is 2.66. The molecule has 1 N–H and O–H groups in total. The Balaban J connectivity index is 1.83. The predicted molar refractivity (Wildman–Crippen MR) is 107 cm³/mol. The molecule has 0 bridgehead atoms. The zero-order valence-corrected chi connectivity index (χ0v) is 16.4. The summed E-state index contributed by atoms with van der Waals surface area (Å²) in [6.07, 6.45) is 0. The highest BCUT2D eigenvalue weighted by atomic mass is 35.5. The van der Waals surface area contributed by atoms with Gasteiger partial charge in [-0.15, -0.1) is 0 Å². The van der Waals surface area contributed by atoms with Crippen molar-refractivity contribution in [2.45, 2.75) is 6.54 Å². The van der Waals surface area contributed by atoms with Gasteiger partial charge in [0.1, 0.15) is 23.9 Å². The number of hydrogen-bond donors (Lipinski definition) is 1. The molecule has 0 fully saturated rings. The van der Waals surface area contributed by atoms with E-state index in [0.717, 1.165) is 4.68 Å². The maximum Gasteiger partial charge on any atom is 0.267 e. The first-order chi connectivity index (χ1) is 13.9. The molecule has 0 atom stereocenters. The molecule has 9 heteroatoms. The summed E-state index contributed by atoms with van der Waals surface area (Å²) in [6, 6.07) is 11.5. The molecule has 150 valence electrons. The largest absolute Gasteiger partial charge is 0.496 e. The maximum atomic E-state index is 13.4. The predicted octanol–water partition coefficient (Wildman–Crippen LogP) is 3.36. The lowest BCUT2D eigenvalue weighted by molar-refractivity contribution is -0.117. The second-order valence-corrected chi connectivity index (χ2v) is 6.36. The molecular weight excluding hydrogens is 401 g/mol. The van der Waals surface area contributed by atoms with Gasteiger partial charge in [-0.1, -0.05) is 11.6 Å². The average molecular weight is 418 g/mol. The molecular formula is C20H17ClFN3O4. The number of benzene rings is 2. The number of nitrogens with one attached hydrogen (secondary N) is 1. The number of methoxy groups -OCH3 is 2. The van der Waals surface area contributed by atoms with Crippen molar-refractivity contribution in [3.8, 4) is 22.8 Å². The van der Waals surface area contributed by atoms with Crippen LogP contribution in [-0.2, 0) is 11.3 Å². The first-order valence-corrected chi connectivity index (χ1v) is 8.84. The highest BCUT2D eigenvalue weighted by Crippen LogP contribution is 2.29. The summed E-state index contributed by atoms with van der Waals surface area (Å²) in [5.74, 6) is -0.191. The van der Waals surface area contributed by atoms with E-state index in [4.69, 9.17) is 21.1 Å². The van der Waals surface area contributed by atoms with Crippen LogP contribution in [0.25, 0.3) is 11.3 Å². The fraction of sp³-hybridized carbons (Fsp3) is 0.150. The van der Waals surface area contributed by atoms with Crippen LogP contribution in [0.1, 0.15) is 0 Å². The van der Waals surface area contributed by atoms with Gasteiger partial charge in [0, 0.05) is 23.4 Å². The lowest BCUT2D eigenvalue weighted by atomic mass is 10.1. The van der Waals surface area contributed by atoms with Gasteiger partial charge in [-0.2, -0.15) is 5.10 Å². The third kappa shape index (κ3) is 4.72. The van der Waals surface area contributed by atoms with Gasteiger partial charge in [-0.3, -0.25) is 9.59 Å². The average Bonchev–Trinajstić information content (AvgIpc) is 2.69. The number of amides is 1. The molecule has 2 aromatic carbocycles. The van der Waals surface area contributed by atoms with E-state index in [2.05, 4.69) is 10.4 Å². The number of nitrogens with zero attached hydrogens (tertiary/aromatic N) is 2.